The molecule has 26 heavy (non-hydrogen) atoms. The Balaban J connectivity index is 1.49. The number of benzene rings is 2. The lowest BCUT2D eigenvalue weighted by Gasteiger charge is -2.08. The van der Waals surface area contributed by atoms with Gasteiger partial charge in [-0.2, -0.15) is 0 Å². The van der Waals surface area contributed by atoms with Gasteiger partial charge in [-0.05, 0) is 48.5 Å². The van der Waals surface area contributed by atoms with E-state index < -0.39 is 5.97 Å². The minimum Gasteiger partial charge on any atom is -0.490 e. The first-order chi connectivity index (χ1) is 12.6. The normalized spacial score (nSPS) is 10.5. The van der Waals surface area contributed by atoms with Gasteiger partial charge in [0.25, 0.3) is 0 Å². The zero-order valence-corrected chi connectivity index (χ0v) is 14.5. The van der Waals surface area contributed by atoms with Crippen LogP contribution in [0.5, 0.6) is 11.5 Å². The number of thiazole rings is 1. The average molecular weight is 373 g/mol. The van der Waals surface area contributed by atoms with Crippen molar-refractivity contribution in [3.8, 4) is 22.1 Å². The Hall–Kier alpha value is -2.93. The third-order valence-electron chi connectivity index (χ3n) is 3.42. The van der Waals surface area contributed by atoms with E-state index in [9.17, 15) is 9.18 Å². The van der Waals surface area contributed by atoms with Gasteiger partial charge in [-0.25, -0.2) is 9.37 Å². The summed E-state index contributed by atoms with van der Waals surface area (Å²) in [6, 6.07) is 13.2. The highest BCUT2D eigenvalue weighted by Gasteiger charge is 2.08. The fourth-order valence-corrected chi connectivity index (χ4v) is 3.05. The quantitative estimate of drug-likeness (QED) is 0.604. The zero-order chi connectivity index (χ0) is 18.4. The summed E-state index contributed by atoms with van der Waals surface area (Å²) < 4.78 is 23.9. The van der Waals surface area contributed by atoms with E-state index in [-0.39, 0.29) is 12.2 Å². The molecular weight excluding hydrogens is 357 g/mol. The summed E-state index contributed by atoms with van der Waals surface area (Å²) in [4.78, 5) is 15.0. The van der Waals surface area contributed by atoms with Crippen LogP contribution < -0.4 is 9.47 Å². The van der Waals surface area contributed by atoms with E-state index in [0.29, 0.717) is 30.4 Å². The topological polar surface area (TPSA) is 68.7 Å². The molecule has 134 valence electrons. The Morgan fingerprint density at radius 2 is 1.58 bits per heavy atom. The Bertz CT molecular complexity index is 862. The molecule has 1 aromatic heterocycles. The molecule has 0 amide bonds. The van der Waals surface area contributed by atoms with Crippen molar-refractivity contribution in [2.75, 3.05) is 13.2 Å². The highest BCUT2D eigenvalue weighted by atomic mass is 32.1. The van der Waals surface area contributed by atoms with Crippen LogP contribution in [0.2, 0.25) is 0 Å². The second-order valence-electron chi connectivity index (χ2n) is 5.39. The summed E-state index contributed by atoms with van der Waals surface area (Å²) in [6.45, 7) is 0.704. The highest BCUT2D eigenvalue weighted by molar-refractivity contribution is 7.13. The van der Waals surface area contributed by atoms with Crippen LogP contribution >= 0.6 is 11.3 Å². The molecule has 0 aliphatic rings. The van der Waals surface area contributed by atoms with Gasteiger partial charge in [-0.1, -0.05) is 0 Å². The number of ether oxygens (including phenoxy) is 2. The molecule has 0 radical (unpaired) electrons. The van der Waals surface area contributed by atoms with Crippen molar-refractivity contribution < 1.29 is 23.8 Å². The van der Waals surface area contributed by atoms with Crippen LogP contribution in [-0.2, 0) is 11.2 Å². The van der Waals surface area contributed by atoms with Gasteiger partial charge in [0.2, 0.25) is 0 Å². The molecule has 0 aliphatic heterocycles. The Labute approximate surface area is 153 Å². The first-order valence-corrected chi connectivity index (χ1v) is 8.76. The summed E-state index contributed by atoms with van der Waals surface area (Å²) in [7, 11) is 0. The number of carboxylic acids is 1. The van der Waals surface area contributed by atoms with Gasteiger partial charge in [0.05, 0.1) is 12.1 Å². The maximum Gasteiger partial charge on any atom is 0.309 e. The number of aromatic nitrogens is 1. The third-order valence-corrected chi connectivity index (χ3v) is 4.36. The van der Waals surface area contributed by atoms with E-state index in [1.165, 1.54) is 23.5 Å². The lowest BCUT2D eigenvalue weighted by molar-refractivity contribution is -0.136. The molecule has 1 heterocycles. The molecular formula is C19H16FNO4S. The van der Waals surface area contributed by atoms with Crippen molar-refractivity contribution in [2.45, 2.75) is 6.42 Å². The summed E-state index contributed by atoms with van der Waals surface area (Å²) in [5.41, 5.74) is 1.46. The van der Waals surface area contributed by atoms with Crippen molar-refractivity contribution in [1.29, 1.82) is 0 Å². The maximum atomic E-state index is 12.8. The number of aliphatic carboxylic acids is 1. The number of carboxylic acid groups (broad SMARTS) is 1. The molecule has 0 atom stereocenters. The Kier molecular flexibility index (Phi) is 5.80. The molecule has 3 rings (SSSR count). The molecule has 7 heteroatoms. The van der Waals surface area contributed by atoms with Crippen LogP contribution in [-0.4, -0.2) is 29.3 Å². The largest absolute Gasteiger partial charge is 0.490 e. The molecule has 3 aromatic rings. The average Bonchev–Trinajstić information content (AvgIpc) is 3.08. The molecule has 0 aliphatic carbocycles. The van der Waals surface area contributed by atoms with Crippen molar-refractivity contribution in [2.24, 2.45) is 0 Å². The number of carbonyl (C=O) groups is 1. The first-order valence-electron chi connectivity index (χ1n) is 7.88. The highest BCUT2D eigenvalue weighted by Crippen LogP contribution is 2.26. The van der Waals surface area contributed by atoms with Crippen molar-refractivity contribution in [3.05, 3.63) is 65.4 Å². The SMILES string of the molecule is O=C(O)Cc1csc(-c2ccc(OCCOc3ccc(F)cc3)cc2)n1. The fourth-order valence-electron chi connectivity index (χ4n) is 2.22. The van der Waals surface area contributed by atoms with Crippen molar-refractivity contribution >= 4 is 17.3 Å². The minimum atomic E-state index is -0.895. The van der Waals surface area contributed by atoms with Gasteiger partial charge < -0.3 is 14.6 Å². The van der Waals surface area contributed by atoms with E-state index in [4.69, 9.17) is 14.6 Å². The van der Waals surface area contributed by atoms with E-state index >= 15 is 0 Å². The zero-order valence-electron chi connectivity index (χ0n) is 13.7. The summed E-state index contributed by atoms with van der Waals surface area (Å²) in [5, 5.41) is 11.3. The number of nitrogens with zero attached hydrogens (tertiary/aromatic N) is 1. The molecule has 0 bridgehead atoms. The molecule has 0 saturated carbocycles. The summed E-state index contributed by atoms with van der Waals surface area (Å²) in [6.07, 6.45) is -0.0776. The van der Waals surface area contributed by atoms with E-state index in [0.717, 1.165) is 10.6 Å². The van der Waals surface area contributed by atoms with Crippen molar-refractivity contribution in [3.63, 3.8) is 0 Å². The van der Waals surface area contributed by atoms with E-state index in [1.807, 2.05) is 24.3 Å². The van der Waals surface area contributed by atoms with Crippen LogP contribution in [0.4, 0.5) is 4.39 Å². The van der Waals surface area contributed by atoms with E-state index in [2.05, 4.69) is 4.98 Å². The summed E-state index contributed by atoms with van der Waals surface area (Å²) in [5.74, 6) is 0.0857. The third kappa shape index (κ3) is 5.03. The second-order valence-corrected chi connectivity index (χ2v) is 6.25. The van der Waals surface area contributed by atoms with Gasteiger partial charge in [0, 0.05) is 10.9 Å². The predicted molar refractivity (Wildman–Crippen MR) is 96.3 cm³/mol. The first kappa shape index (κ1) is 17.9. The van der Waals surface area contributed by atoms with Crippen LogP contribution in [0.25, 0.3) is 10.6 Å². The fraction of sp³-hybridized carbons (Fsp3) is 0.158. The van der Waals surface area contributed by atoms with Crippen molar-refractivity contribution in [1.82, 2.24) is 4.98 Å². The standard InChI is InChI=1S/C19H16FNO4S/c20-14-3-7-17(8-4-14)25-10-9-24-16-5-1-13(2-6-16)19-21-15(12-26-19)11-18(22)23/h1-8,12H,9-11H2,(H,22,23). The monoisotopic (exact) mass is 373 g/mol. The maximum absolute atomic E-state index is 12.8. The van der Waals surface area contributed by atoms with Gasteiger partial charge in [-0.3, -0.25) is 4.79 Å². The van der Waals surface area contributed by atoms with Crippen LogP contribution in [0.3, 0.4) is 0 Å². The van der Waals surface area contributed by atoms with E-state index in [1.54, 1.807) is 17.5 Å². The number of halogens is 1. The molecule has 0 fully saturated rings. The minimum absolute atomic E-state index is 0.0776. The molecule has 0 saturated heterocycles. The van der Waals surface area contributed by atoms with Crippen LogP contribution in [0.1, 0.15) is 5.69 Å². The lowest BCUT2D eigenvalue weighted by Crippen LogP contribution is -2.08. The molecule has 0 spiro atoms. The molecule has 0 unspecified atom stereocenters. The van der Waals surface area contributed by atoms with Gasteiger partial charge in [-0.15, -0.1) is 11.3 Å². The number of rotatable bonds is 8. The number of hydrogen-bond donors (Lipinski definition) is 1. The second kappa shape index (κ2) is 8.44. The van der Waals surface area contributed by atoms with Crippen LogP contribution in [0, 0.1) is 5.82 Å². The smallest absolute Gasteiger partial charge is 0.309 e. The van der Waals surface area contributed by atoms with Gasteiger partial charge in [0.1, 0.15) is 35.5 Å². The Morgan fingerprint density at radius 1 is 1.00 bits per heavy atom. The van der Waals surface area contributed by atoms with Gasteiger partial charge in [0.15, 0.2) is 0 Å². The molecule has 1 N–H and O–H groups in total. The van der Waals surface area contributed by atoms with Gasteiger partial charge >= 0.3 is 5.97 Å². The predicted octanol–water partition coefficient (Wildman–Crippen LogP) is 4.03. The summed E-state index contributed by atoms with van der Waals surface area (Å²) >= 11 is 1.41. The molecule has 2 aromatic carbocycles. The number of hydrogen-bond acceptors (Lipinski definition) is 5. The lowest BCUT2D eigenvalue weighted by atomic mass is 10.2. The van der Waals surface area contributed by atoms with Crippen LogP contribution in [0.15, 0.2) is 53.9 Å². The Morgan fingerprint density at radius 3 is 2.15 bits per heavy atom. The molecule has 5 nitrogen and oxygen atoms in total.